The van der Waals surface area contributed by atoms with Gasteiger partial charge in [0, 0.05) is 24.2 Å². The molecule has 0 spiro atoms. The summed E-state index contributed by atoms with van der Waals surface area (Å²) in [5, 5.41) is 5.92. The fourth-order valence-corrected chi connectivity index (χ4v) is 3.14. The number of likely N-dealkylation sites (tertiary alicyclic amines) is 1. The van der Waals surface area contributed by atoms with Crippen LogP contribution in [0.4, 0.5) is 4.79 Å². The summed E-state index contributed by atoms with van der Waals surface area (Å²) in [7, 11) is 0. The van der Waals surface area contributed by atoms with Crippen molar-refractivity contribution in [2.75, 3.05) is 19.6 Å². The van der Waals surface area contributed by atoms with Crippen LogP contribution in [-0.4, -0.2) is 54.1 Å². The van der Waals surface area contributed by atoms with Crippen LogP contribution in [0.5, 0.6) is 0 Å². The molecule has 1 aromatic carbocycles. The third kappa shape index (κ3) is 7.38. The number of carbonyl (C=O) groups is 3. The van der Waals surface area contributed by atoms with Gasteiger partial charge in [0.15, 0.2) is 0 Å². The molecule has 1 aliphatic heterocycles. The fourth-order valence-electron chi connectivity index (χ4n) is 2.94. The quantitative estimate of drug-likeness (QED) is 0.782. The topological polar surface area (TPSA) is 87.7 Å². The van der Waals surface area contributed by atoms with Crippen molar-refractivity contribution in [1.82, 2.24) is 15.5 Å². The number of halogens is 1. The Bertz CT molecular complexity index is 710. The molecule has 0 unspecified atom stereocenters. The van der Waals surface area contributed by atoms with Crippen molar-refractivity contribution in [1.29, 1.82) is 0 Å². The molecule has 0 bridgehead atoms. The van der Waals surface area contributed by atoms with Gasteiger partial charge in [0.05, 0.1) is 6.42 Å². The average Bonchev–Trinajstić information content (AvgIpc) is 2.61. The number of piperidine rings is 1. The third-order valence-corrected chi connectivity index (χ3v) is 4.67. The number of nitrogens with one attached hydrogen (secondary N) is 2. The minimum absolute atomic E-state index is 0.0164. The molecule has 0 aromatic heterocycles. The van der Waals surface area contributed by atoms with Crippen LogP contribution in [0.1, 0.15) is 39.2 Å². The molecule has 1 aliphatic rings. The van der Waals surface area contributed by atoms with Crippen molar-refractivity contribution in [2.24, 2.45) is 0 Å². The minimum atomic E-state index is -0.623. The summed E-state index contributed by atoms with van der Waals surface area (Å²) >= 11 is 6.12. The van der Waals surface area contributed by atoms with Gasteiger partial charge in [-0.1, -0.05) is 29.8 Å². The van der Waals surface area contributed by atoms with E-state index >= 15 is 0 Å². The highest BCUT2D eigenvalue weighted by Gasteiger charge is 2.24. The Morgan fingerprint density at radius 1 is 1.18 bits per heavy atom. The largest absolute Gasteiger partial charge is 0.444 e. The molecule has 7 nitrogen and oxygen atoms in total. The molecule has 2 N–H and O–H groups in total. The lowest BCUT2D eigenvalue weighted by atomic mass is 10.0. The van der Waals surface area contributed by atoms with Gasteiger partial charge in [-0.25, -0.2) is 4.79 Å². The van der Waals surface area contributed by atoms with Gasteiger partial charge in [-0.3, -0.25) is 9.59 Å². The summed E-state index contributed by atoms with van der Waals surface area (Å²) in [6.07, 6.45) is 0.998. The van der Waals surface area contributed by atoms with E-state index in [1.807, 2.05) is 18.2 Å². The van der Waals surface area contributed by atoms with E-state index in [4.69, 9.17) is 16.3 Å². The van der Waals surface area contributed by atoms with Gasteiger partial charge in [-0.2, -0.15) is 0 Å². The van der Waals surface area contributed by atoms with Gasteiger partial charge in [0.1, 0.15) is 12.1 Å². The smallest absolute Gasteiger partial charge is 0.408 e. The van der Waals surface area contributed by atoms with Gasteiger partial charge < -0.3 is 20.3 Å². The standard InChI is InChI=1S/C20H28ClN3O4/c1-20(2,3)28-19(27)22-13-17(25)23-15-8-10-24(11-9-15)18(26)12-14-6-4-5-7-16(14)21/h4-7,15H,8-13H2,1-3H3,(H,22,27)(H,23,25). The van der Waals surface area contributed by atoms with Crippen LogP contribution in [0, 0.1) is 0 Å². The first-order valence-electron chi connectivity index (χ1n) is 9.41. The molecule has 0 aliphatic carbocycles. The number of hydrogen-bond acceptors (Lipinski definition) is 4. The second kappa shape index (κ2) is 9.78. The van der Waals surface area contributed by atoms with Crippen LogP contribution in [0.2, 0.25) is 5.02 Å². The van der Waals surface area contributed by atoms with Crippen LogP contribution < -0.4 is 10.6 Å². The van der Waals surface area contributed by atoms with Crippen LogP contribution in [0.3, 0.4) is 0 Å². The molecule has 0 atom stereocenters. The highest BCUT2D eigenvalue weighted by molar-refractivity contribution is 6.31. The van der Waals surface area contributed by atoms with Crippen LogP contribution in [0.15, 0.2) is 24.3 Å². The first-order chi connectivity index (χ1) is 13.1. The summed E-state index contributed by atoms with van der Waals surface area (Å²) in [5.74, 6) is -0.240. The number of hydrogen-bond donors (Lipinski definition) is 2. The van der Waals surface area contributed by atoms with Crippen molar-refractivity contribution >= 4 is 29.5 Å². The predicted octanol–water partition coefficient (Wildman–Crippen LogP) is 2.51. The van der Waals surface area contributed by atoms with Crippen molar-refractivity contribution in [3.8, 4) is 0 Å². The van der Waals surface area contributed by atoms with Gasteiger partial charge in [-0.05, 0) is 45.2 Å². The number of ether oxygens (including phenoxy) is 1. The highest BCUT2D eigenvalue weighted by Crippen LogP contribution is 2.18. The van der Waals surface area contributed by atoms with E-state index < -0.39 is 11.7 Å². The maximum atomic E-state index is 12.5. The van der Waals surface area contributed by atoms with Crippen LogP contribution >= 0.6 is 11.6 Å². The van der Waals surface area contributed by atoms with Crippen molar-refractivity contribution in [2.45, 2.75) is 51.7 Å². The van der Waals surface area contributed by atoms with E-state index in [1.54, 1.807) is 31.7 Å². The molecule has 1 heterocycles. The van der Waals surface area contributed by atoms with Crippen molar-refractivity contribution < 1.29 is 19.1 Å². The number of benzene rings is 1. The predicted molar refractivity (Wildman–Crippen MR) is 107 cm³/mol. The zero-order valence-corrected chi connectivity index (χ0v) is 17.3. The first-order valence-corrected chi connectivity index (χ1v) is 9.79. The molecule has 8 heteroatoms. The maximum Gasteiger partial charge on any atom is 0.408 e. The lowest BCUT2D eigenvalue weighted by Gasteiger charge is -2.32. The molecule has 154 valence electrons. The highest BCUT2D eigenvalue weighted by atomic mass is 35.5. The molecule has 2 rings (SSSR count). The molecule has 0 saturated carbocycles. The Morgan fingerprint density at radius 2 is 1.82 bits per heavy atom. The van der Waals surface area contributed by atoms with Crippen molar-refractivity contribution in [3.05, 3.63) is 34.9 Å². The summed E-state index contributed by atoms with van der Waals surface area (Å²) < 4.78 is 5.09. The SMILES string of the molecule is CC(C)(C)OC(=O)NCC(=O)NC1CCN(C(=O)Cc2ccccc2Cl)CC1. The Hall–Kier alpha value is -2.28. The van der Waals surface area contributed by atoms with Gasteiger partial charge >= 0.3 is 6.09 Å². The van der Waals surface area contributed by atoms with Crippen LogP contribution in [0.25, 0.3) is 0 Å². The Kier molecular flexibility index (Phi) is 7.69. The fraction of sp³-hybridized carbons (Fsp3) is 0.550. The van der Waals surface area contributed by atoms with Gasteiger partial charge in [-0.15, -0.1) is 0 Å². The second-order valence-electron chi connectivity index (χ2n) is 7.85. The number of alkyl carbamates (subject to hydrolysis) is 1. The van der Waals surface area contributed by atoms with Crippen LogP contribution in [-0.2, 0) is 20.7 Å². The lowest BCUT2D eigenvalue weighted by Crippen LogP contribution is -2.49. The van der Waals surface area contributed by atoms with Gasteiger partial charge in [0.25, 0.3) is 0 Å². The number of amides is 3. The molecule has 3 amide bonds. The molecule has 0 radical (unpaired) electrons. The van der Waals surface area contributed by atoms with E-state index in [2.05, 4.69) is 10.6 Å². The van der Waals surface area contributed by atoms with E-state index in [0.29, 0.717) is 31.0 Å². The van der Waals surface area contributed by atoms with E-state index in [-0.39, 0.29) is 30.8 Å². The van der Waals surface area contributed by atoms with E-state index in [9.17, 15) is 14.4 Å². The maximum absolute atomic E-state index is 12.5. The van der Waals surface area contributed by atoms with E-state index in [0.717, 1.165) is 5.56 Å². The van der Waals surface area contributed by atoms with Gasteiger partial charge in [0.2, 0.25) is 11.8 Å². The molecule has 1 fully saturated rings. The monoisotopic (exact) mass is 409 g/mol. The Balaban J connectivity index is 1.70. The molecular weight excluding hydrogens is 382 g/mol. The number of carbonyl (C=O) groups excluding carboxylic acids is 3. The number of nitrogens with zero attached hydrogens (tertiary/aromatic N) is 1. The molecule has 28 heavy (non-hydrogen) atoms. The minimum Gasteiger partial charge on any atom is -0.444 e. The summed E-state index contributed by atoms with van der Waals surface area (Å²) in [6, 6.07) is 7.31. The summed E-state index contributed by atoms with van der Waals surface area (Å²) in [4.78, 5) is 37.8. The second-order valence-corrected chi connectivity index (χ2v) is 8.25. The number of rotatable bonds is 5. The van der Waals surface area contributed by atoms with E-state index in [1.165, 1.54) is 0 Å². The molecule has 1 aromatic rings. The zero-order chi connectivity index (χ0) is 20.7. The first kappa shape index (κ1) is 22.0. The zero-order valence-electron chi connectivity index (χ0n) is 16.6. The molecular formula is C20H28ClN3O4. The Labute approximate surface area is 170 Å². The average molecular weight is 410 g/mol. The van der Waals surface area contributed by atoms with Crippen molar-refractivity contribution in [3.63, 3.8) is 0 Å². The lowest BCUT2D eigenvalue weighted by molar-refractivity contribution is -0.131. The molecule has 1 saturated heterocycles. The normalized spacial score (nSPS) is 15.1. The third-order valence-electron chi connectivity index (χ3n) is 4.30. The summed E-state index contributed by atoms with van der Waals surface area (Å²) in [5.41, 5.74) is 0.210. The Morgan fingerprint density at radius 3 is 2.43 bits per heavy atom. The summed E-state index contributed by atoms with van der Waals surface area (Å²) in [6.45, 7) is 6.29.